The highest BCUT2D eigenvalue weighted by molar-refractivity contribution is 5.43. The molecular weight excluding hydrogens is 174 g/mol. The molecule has 0 amide bonds. The smallest absolute Gasteiger partial charge is 0.125 e. The normalized spacial score (nSPS) is 13.8. The number of rotatable bonds is 4. The molecule has 76 valence electrons. The van der Waals surface area contributed by atoms with Gasteiger partial charge in [-0.1, -0.05) is 18.2 Å². The summed E-state index contributed by atoms with van der Waals surface area (Å²) in [6, 6.07) is 6.49. The SMILES string of the molecule is CNCCCc1cccc2c1OCC2. The zero-order valence-electron chi connectivity index (χ0n) is 8.68. The van der Waals surface area contributed by atoms with Gasteiger partial charge in [-0.3, -0.25) is 0 Å². The second kappa shape index (κ2) is 4.47. The van der Waals surface area contributed by atoms with Gasteiger partial charge in [0.15, 0.2) is 0 Å². The fourth-order valence-corrected chi connectivity index (χ4v) is 1.94. The van der Waals surface area contributed by atoms with Crippen LogP contribution in [0.4, 0.5) is 0 Å². The fourth-order valence-electron chi connectivity index (χ4n) is 1.94. The maximum atomic E-state index is 5.64. The van der Waals surface area contributed by atoms with E-state index in [0.29, 0.717) is 0 Å². The lowest BCUT2D eigenvalue weighted by Gasteiger charge is -2.07. The second-order valence-electron chi connectivity index (χ2n) is 3.71. The van der Waals surface area contributed by atoms with Crippen molar-refractivity contribution in [2.45, 2.75) is 19.3 Å². The van der Waals surface area contributed by atoms with E-state index in [4.69, 9.17) is 4.74 Å². The van der Waals surface area contributed by atoms with E-state index in [1.807, 2.05) is 7.05 Å². The maximum Gasteiger partial charge on any atom is 0.125 e. The topological polar surface area (TPSA) is 21.3 Å². The Morgan fingerprint density at radius 2 is 2.36 bits per heavy atom. The molecule has 1 heterocycles. The van der Waals surface area contributed by atoms with Crippen molar-refractivity contribution in [3.8, 4) is 5.75 Å². The third kappa shape index (κ3) is 1.90. The van der Waals surface area contributed by atoms with Crippen LogP contribution in [0, 0.1) is 0 Å². The average Bonchev–Trinajstić information content (AvgIpc) is 2.67. The predicted molar refractivity (Wildman–Crippen MR) is 57.9 cm³/mol. The Hall–Kier alpha value is -1.02. The lowest BCUT2D eigenvalue weighted by molar-refractivity contribution is 0.353. The van der Waals surface area contributed by atoms with E-state index in [-0.39, 0.29) is 0 Å². The molecule has 2 rings (SSSR count). The summed E-state index contributed by atoms with van der Waals surface area (Å²) in [7, 11) is 1.99. The minimum atomic E-state index is 0.859. The van der Waals surface area contributed by atoms with Crippen molar-refractivity contribution >= 4 is 0 Å². The summed E-state index contributed by atoms with van der Waals surface area (Å²) in [5, 5.41) is 3.16. The standard InChI is InChI=1S/C12H17NO/c1-13-8-3-6-10-4-2-5-11-7-9-14-12(10)11/h2,4-5,13H,3,6-9H2,1H3. The van der Waals surface area contributed by atoms with Gasteiger partial charge in [-0.05, 0) is 37.6 Å². The Morgan fingerprint density at radius 1 is 1.43 bits per heavy atom. The largest absolute Gasteiger partial charge is 0.493 e. The highest BCUT2D eigenvalue weighted by atomic mass is 16.5. The number of nitrogens with one attached hydrogen (secondary N) is 1. The van der Waals surface area contributed by atoms with E-state index < -0.39 is 0 Å². The number of ether oxygens (including phenoxy) is 1. The third-order valence-corrected chi connectivity index (χ3v) is 2.67. The Balaban J connectivity index is 2.06. The van der Waals surface area contributed by atoms with E-state index in [1.54, 1.807) is 0 Å². The van der Waals surface area contributed by atoms with E-state index in [0.717, 1.165) is 31.7 Å². The molecule has 0 bridgehead atoms. The molecule has 0 saturated heterocycles. The molecule has 0 radical (unpaired) electrons. The third-order valence-electron chi connectivity index (χ3n) is 2.67. The van der Waals surface area contributed by atoms with Crippen molar-refractivity contribution in [2.24, 2.45) is 0 Å². The molecule has 0 unspecified atom stereocenters. The predicted octanol–water partition coefficient (Wildman–Crippen LogP) is 1.77. The van der Waals surface area contributed by atoms with Gasteiger partial charge in [-0.25, -0.2) is 0 Å². The molecule has 2 nitrogen and oxygen atoms in total. The first kappa shape index (κ1) is 9.53. The van der Waals surface area contributed by atoms with Crippen LogP contribution in [-0.4, -0.2) is 20.2 Å². The summed E-state index contributed by atoms with van der Waals surface area (Å²) >= 11 is 0. The van der Waals surface area contributed by atoms with Crippen LogP contribution in [0.3, 0.4) is 0 Å². The van der Waals surface area contributed by atoms with Crippen molar-refractivity contribution in [2.75, 3.05) is 20.2 Å². The Bertz CT molecular complexity index is 309. The number of benzene rings is 1. The first-order chi connectivity index (χ1) is 6.92. The van der Waals surface area contributed by atoms with Gasteiger partial charge < -0.3 is 10.1 Å². The number of para-hydroxylation sites is 1. The molecular formula is C12H17NO. The zero-order valence-corrected chi connectivity index (χ0v) is 8.68. The fraction of sp³-hybridized carbons (Fsp3) is 0.500. The summed E-state index contributed by atoms with van der Waals surface area (Å²) in [5.41, 5.74) is 2.75. The molecule has 0 saturated carbocycles. The molecule has 0 aromatic heterocycles. The lowest BCUT2D eigenvalue weighted by atomic mass is 10.0. The van der Waals surface area contributed by atoms with Crippen LogP contribution in [-0.2, 0) is 12.8 Å². The Labute approximate surface area is 85.3 Å². The minimum Gasteiger partial charge on any atom is -0.493 e. The molecule has 1 aromatic rings. The molecule has 0 atom stereocenters. The molecule has 1 aliphatic heterocycles. The average molecular weight is 191 g/mol. The van der Waals surface area contributed by atoms with Crippen molar-refractivity contribution in [3.05, 3.63) is 29.3 Å². The van der Waals surface area contributed by atoms with E-state index >= 15 is 0 Å². The summed E-state index contributed by atoms with van der Waals surface area (Å²) in [6.45, 7) is 1.93. The zero-order chi connectivity index (χ0) is 9.80. The highest BCUT2D eigenvalue weighted by Gasteiger charge is 2.14. The summed E-state index contributed by atoms with van der Waals surface area (Å²) in [4.78, 5) is 0. The lowest BCUT2D eigenvalue weighted by Crippen LogP contribution is -2.08. The van der Waals surface area contributed by atoms with Gasteiger partial charge in [0, 0.05) is 6.42 Å². The van der Waals surface area contributed by atoms with Gasteiger partial charge in [0.25, 0.3) is 0 Å². The number of hydrogen-bond donors (Lipinski definition) is 1. The first-order valence-corrected chi connectivity index (χ1v) is 5.30. The molecule has 1 N–H and O–H groups in total. The monoisotopic (exact) mass is 191 g/mol. The van der Waals surface area contributed by atoms with E-state index in [9.17, 15) is 0 Å². The summed E-state index contributed by atoms with van der Waals surface area (Å²) in [5.74, 6) is 1.16. The van der Waals surface area contributed by atoms with Crippen molar-refractivity contribution in [1.29, 1.82) is 0 Å². The second-order valence-corrected chi connectivity index (χ2v) is 3.71. The van der Waals surface area contributed by atoms with Crippen LogP contribution < -0.4 is 10.1 Å². The maximum absolute atomic E-state index is 5.64. The molecule has 0 spiro atoms. The number of aryl methyl sites for hydroxylation is 1. The van der Waals surface area contributed by atoms with Gasteiger partial charge in [0.2, 0.25) is 0 Å². The van der Waals surface area contributed by atoms with Crippen molar-refractivity contribution < 1.29 is 4.74 Å². The Kier molecular flexibility index (Phi) is 3.04. The number of hydrogen-bond acceptors (Lipinski definition) is 2. The minimum absolute atomic E-state index is 0.859. The van der Waals surface area contributed by atoms with Crippen molar-refractivity contribution in [1.82, 2.24) is 5.32 Å². The Morgan fingerprint density at radius 3 is 3.21 bits per heavy atom. The van der Waals surface area contributed by atoms with Gasteiger partial charge >= 0.3 is 0 Å². The molecule has 14 heavy (non-hydrogen) atoms. The van der Waals surface area contributed by atoms with Crippen LogP contribution >= 0.6 is 0 Å². The molecule has 2 heteroatoms. The van der Waals surface area contributed by atoms with Crippen LogP contribution in [0.1, 0.15) is 17.5 Å². The van der Waals surface area contributed by atoms with Crippen LogP contribution in [0.5, 0.6) is 5.75 Å². The van der Waals surface area contributed by atoms with Crippen molar-refractivity contribution in [3.63, 3.8) is 0 Å². The van der Waals surface area contributed by atoms with E-state index in [1.165, 1.54) is 17.5 Å². The molecule has 1 aromatic carbocycles. The van der Waals surface area contributed by atoms with E-state index in [2.05, 4.69) is 23.5 Å². The van der Waals surface area contributed by atoms with Gasteiger partial charge in [-0.15, -0.1) is 0 Å². The van der Waals surface area contributed by atoms with Gasteiger partial charge in [-0.2, -0.15) is 0 Å². The molecule has 0 fully saturated rings. The molecule has 0 aliphatic carbocycles. The summed E-state index contributed by atoms with van der Waals surface area (Å²) < 4.78 is 5.64. The van der Waals surface area contributed by atoms with Gasteiger partial charge in [0.05, 0.1) is 6.61 Å². The molecule has 1 aliphatic rings. The van der Waals surface area contributed by atoms with Crippen LogP contribution in [0.25, 0.3) is 0 Å². The van der Waals surface area contributed by atoms with Crippen LogP contribution in [0.15, 0.2) is 18.2 Å². The first-order valence-electron chi connectivity index (χ1n) is 5.30. The van der Waals surface area contributed by atoms with Gasteiger partial charge in [0.1, 0.15) is 5.75 Å². The quantitative estimate of drug-likeness (QED) is 0.732. The number of fused-ring (bicyclic) bond motifs is 1. The van der Waals surface area contributed by atoms with Crippen LogP contribution in [0.2, 0.25) is 0 Å². The highest BCUT2D eigenvalue weighted by Crippen LogP contribution is 2.29. The summed E-state index contributed by atoms with van der Waals surface area (Å²) in [6.07, 6.45) is 3.37.